The van der Waals surface area contributed by atoms with Crippen LogP contribution in [0.1, 0.15) is 31.0 Å². The topological polar surface area (TPSA) is 55.1 Å². The summed E-state index contributed by atoms with van der Waals surface area (Å²) in [7, 11) is 5.94. The van der Waals surface area contributed by atoms with Crippen LogP contribution in [0.3, 0.4) is 0 Å². The van der Waals surface area contributed by atoms with Gasteiger partial charge in [0.15, 0.2) is 0 Å². The van der Waals surface area contributed by atoms with E-state index in [4.69, 9.17) is 7.85 Å². The number of hydrogen-bond donors (Lipinski definition) is 1. The Balaban J connectivity index is 1.96. The summed E-state index contributed by atoms with van der Waals surface area (Å²) in [6, 6.07) is 5.96. The van der Waals surface area contributed by atoms with Gasteiger partial charge in [-0.2, -0.15) is 9.61 Å². The first-order chi connectivity index (χ1) is 10.1. The molecule has 21 heavy (non-hydrogen) atoms. The van der Waals surface area contributed by atoms with Gasteiger partial charge in [-0.15, -0.1) is 0 Å². The molecule has 0 atom stereocenters. The minimum absolute atomic E-state index is 0.322. The highest BCUT2D eigenvalue weighted by atomic mass is 15.3. The standard InChI is InChI=1S/C15H16BN5/c1-10(2)13-6-14(18-8-11-4-3-5-17-7-11)21-15(20-13)12(16)9-19-21/h3-7,9-10,18H,8H2,1-2H3. The number of pyridine rings is 1. The molecule has 0 saturated carbocycles. The number of fused-ring (bicyclic) bond motifs is 1. The zero-order chi connectivity index (χ0) is 14.8. The maximum Gasteiger partial charge on any atom is 0.150 e. The Hall–Kier alpha value is -2.37. The van der Waals surface area contributed by atoms with Crippen molar-refractivity contribution in [1.29, 1.82) is 0 Å². The molecule has 5 nitrogen and oxygen atoms in total. The summed E-state index contributed by atoms with van der Waals surface area (Å²) in [4.78, 5) is 8.69. The number of rotatable bonds is 4. The SMILES string of the molecule is [B]c1cnn2c(NCc3cccnc3)cc(C(C)C)nc12. The van der Waals surface area contributed by atoms with Gasteiger partial charge in [0.1, 0.15) is 19.3 Å². The summed E-state index contributed by atoms with van der Waals surface area (Å²) >= 11 is 0. The van der Waals surface area contributed by atoms with Gasteiger partial charge < -0.3 is 5.32 Å². The van der Waals surface area contributed by atoms with Crippen LogP contribution in [0.2, 0.25) is 0 Å². The Kier molecular flexibility index (Phi) is 3.60. The van der Waals surface area contributed by atoms with Gasteiger partial charge in [0, 0.05) is 36.9 Å². The lowest BCUT2D eigenvalue weighted by Gasteiger charge is -2.12. The molecule has 6 heteroatoms. The highest BCUT2D eigenvalue weighted by Gasteiger charge is 2.11. The molecule has 2 radical (unpaired) electrons. The quantitative estimate of drug-likeness (QED) is 0.737. The van der Waals surface area contributed by atoms with Crippen molar-refractivity contribution in [1.82, 2.24) is 19.6 Å². The predicted molar refractivity (Wildman–Crippen MR) is 84.0 cm³/mol. The fourth-order valence-electron chi connectivity index (χ4n) is 2.12. The molecule has 0 saturated heterocycles. The van der Waals surface area contributed by atoms with E-state index in [9.17, 15) is 0 Å². The van der Waals surface area contributed by atoms with Gasteiger partial charge in [-0.1, -0.05) is 19.9 Å². The van der Waals surface area contributed by atoms with Crippen molar-refractivity contribution < 1.29 is 0 Å². The van der Waals surface area contributed by atoms with E-state index in [-0.39, 0.29) is 0 Å². The molecule has 104 valence electrons. The highest BCUT2D eigenvalue weighted by molar-refractivity contribution is 6.36. The Morgan fingerprint density at radius 3 is 2.90 bits per heavy atom. The van der Waals surface area contributed by atoms with Gasteiger partial charge in [0.05, 0.1) is 0 Å². The van der Waals surface area contributed by atoms with Crippen LogP contribution in [0, 0.1) is 0 Å². The number of aromatic nitrogens is 4. The molecule has 0 aromatic carbocycles. The molecule has 0 aliphatic carbocycles. The van der Waals surface area contributed by atoms with E-state index in [0.29, 0.717) is 23.6 Å². The van der Waals surface area contributed by atoms with Crippen molar-refractivity contribution in [2.75, 3.05) is 5.32 Å². The fourth-order valence-corrected chi connectivity index (χ4v) is 2.12. The largest absolute Gasteiger partial charge is 0.366 e. The van der Waals surface area contributed by atoms with E-state index in [2.05, 4.69) is 34.2 Å². The molecule has 3 aromatic rings. The fraction of sp³-hybridized carbons (Fsp3) is 0.267. The normalized spacial score (nSPS) is 11.2. The van der Waals surface area contributed by atoms with Crippen LogP contribution in [0.15, 0.2) is 36.8 Å². The van der Waals surface area contributed by atoms with E-state index < -0.39 is 0 Å². The molecule has 0 amide bonds. The third kappa shape index (κ3) is 2.74. The van der Waals surface area contributed by atoms with Crippen molar-refractivity contribution in [3.05, 3.63) is 48.0 Å². The average Bonchev–Trinajstić information content (AvgIpc) is 2.87. The Labute approximate surface area is 124 Å². The van der Waals surface area contributed by atoms with E-state index in [0.717, 1.165) is 17.1 Å². The molecule has 0 spiro atoms. The van der Waals surface area contributed by atoms with Crippen LogP contribution in [0.25, 0.3) is 5.65 Å². The molecule has 3 rings (SSSR count). The second-order valence-corrected chi connectivity index (χ2v) is 5.27. The third-order valence-electron chi connectivity index (χ3n) is 3.31. The van der Waals surface area contributed by atoms with Crippen LogP contribution >= 0.6 is 0 Å². The second-order valence-electron chi connectivity index (χ2n) is 5.27. The summed E-state index contributed by atoms with van der Waals surface area (Å²) in [5.41, 5.74) is 3.37. The van der Waals surface area contributed by atoms with Gasteiger partial charge in [0.2, 0.25) is 0 Å². The lowest BCUT2D eigenvalue weighted by atomic mass is 10.0. The summed E-state index contributed by atoms with van der Waals surface area (Å²) in [6.45, 7) is 4.89. The Morgan fingerprint density at radius 1 is 1.33 bits per heavy atom. The number of nitrogens with zero attached hydrogens (tertiary/aromatic N) is 4. The van der Waals surface area contributed by atoms with Crippen LogP contribution in [-0.2, 0) is 6.54 Å². The van der Waals surface area contributed by atoms with Gasteiger partial charge in [-0.3, -0.25) is 4.98 Å². The zero-order valence-corrected chi connectivity index (χ0v) is 12.1. The summed E-state index contributed by atoms with van der Waals surface area (Å²) < 4.78 is 1.73. The van der Waals surface area contributed by atoms with Crippen LogP contribution in [0.4, 0.5) is 5.82 Å². The molecule has 3 aromatic heterocycles. The second kappa shape index (κ2) is 5.56. The summed E-state index contributed by atoms with van der Waals surface area (Å²) in [5.74, 6) is 1.20. The average molecular weight is 277 g/mol. The first-order valence-electron chi connectivity index (χ1n) is 6.92. The number of hydrogen-bond acceptors (Lipinski definition) is 4. The lowest BCUT2D eigenvalue weighted by molar-refractivity contribution is 0.808. The van der Waals surface area contributed by atoms with E-state index in [1.165, 1.54) is 0 Å². The van der Waals surface area contributed by atoms with Crippen molar-refractivity contribution in [2.45, 2.75) is 26.3 Å². The van der Waals surface area contributed by atoms with Crippen LogP contribution in [-0.4, -0.2) is 27.4 Å². The number of nitrogens with one attached hydrogen (secondary N) is 1. The van der Waals surface area contributed by atoms with Gasteiger partial charge in [-0.25, -0.2) is 4.98 Å². The Morgan fingerprint density at radius 2 is 2.19 bits per heavy atom. The maximum atomic E-state index is 5.94. The van der Waals surface area contributed by atoms with Crippen LogP contribution in [0.5, 0.6) is 0 Å². The number of anilines is 1. The zero-order valence-electron chi connectivity index (χ0n) is 12.1. The van der Waals surface area contributed by atoms with E-state index >= 15 is 0 Å². The minimum atomic E-state index is 0.322. The van der Waals surface area contributed by atoms with Crippen LogP contribution < -0.4 is 10.8 Å². The molecular weight excluding hydrogens is 261 g/mol. The molecule has 0 unspecified atom stereocenters. The van der Waals surface area contributed by atoms with Crippen molar-refractivity contribution in [3.63, 3.8) is 0 Å². The molecule has 0 aliphatic heterocycles. The molecule has 1 N–H and O–H groups in total. The third-order valence-corrected chi connectivity index (χ3v) is 3.31. The minimum Gasteiger partial charge on any atom is -0.366 e. The molecule has 0 bridgehead atoms. The van der Waals surface area contributed by atoms with Gasteiger partial charge in [-0.05, 0) is 23.0 Å². The van der Waals surface area contributed by atoms with Gasteiger partial charge in [0.25, 0.3) is 0 Å². The summed E-state index contributed by atoms with van der Waals surface area (Å²) in [6.07, 6.45) is 5.23. The predicted octanol–water partition coefficient (Wildman–Crippen LogP) is 1.65. The monoisotopic (exact) mass is 277 g/mol. The van der Waals surface area contributed by atoms with Crippen molar-refractivity contribution in [2.24, 2.45) is 0 Å². The lowest BCUT2D eigenvalue weighted by Crippen LogP contribution is -2.11. The molecule has 3 heterocycles. The summed E-state index contributed by atoms with van der Waals surface area (Å²) in [5, 5.41) is 7.66. The molecular formula is C15H16BN5. The highest BCUT2D eigenvalue weighted by Crippen LogP contribution is 2.18. The van der Waals surface area contributed by atoms with Crippen molar-refractivity contribution >= 4 is 24.8 Å². The first-order valence-corrected chi connectivity index (χ1v) is 6.92. The van der Waals surface area contributed by atoms with E-state index in [1.54, 1.807) is 16.9 Å². The molecule has 0 fully saturated rings. The van der Waals surface area contributed by atoms with Crippen molar-refractivity contribution in [3.8, 4) is 0 Å². The van der Waals surface area contributed by atoms with Gasteiger partial charge >= 0.3 is 0 Å². The first kappa shape index (κ1) is 13.6. The Bertz CT molecular complexity index is 751. The molecule has 0 aliphatic rings. The maximum absolute atomic E-state index is 5.94. The van der Waals surface area contributed by atoms with E-state index in [1.807, 2.05) is 24.4 Å². The smallest absolute Gasteiger partial charge is 0.150 e.